The summed E-state index contributed by atoms with van der Waals surface area (Å²) in [4.78, 5) is 20.9. The van der Waals surface area contributed by atoms with Crippen LogP contribution in [-0.4, -0.2) is 22.6 Å². The Hall–Kier alpha value is -1.99. The van der Waals surface area contributed by atoms with Gasteiger partial charge in [-0.1, -0.05) is 35.3 Å². The lowest BCUT2D eigenvalue weighted by molar-refractivity contribution is 0.187. The first-order chi connectivity index (χ1) is 15.3. The molecule has 2 N–H and O–H groups in total. The molecule has 1 saturated heterocycles. The van der Waals surface area contributed by atoms with Gasteiger partial charge in [-0.25, -0.2) is 4.98 Å². The number of anilines is 1. The van der Waals surface area contributed by atoms with Gasteiger partial charge in [-0.05, 0) is 67.0 Å². The van der Waals surface area contributed by atoms with Crippen LogP contribution in [0.25, 0.3) is 5.69 Å². The number of halogens is 2. The molecule has 166 valence electrons. The first-order valence-electron chi connectivity index (χ1n) is 10.7. The van der Waals surface area contributed by atoms with Crippen molar-refractivity contribution in [2.24, 2.45) is 11.1 Å². The predicted molar refractivity (Wildman–Crippen MR) is 133 cm³/mol. The van der Waals surface area contributed by atoms with E-state index in [9.17, 15) is 4.79 Å². The van der Waals surface area contributed by atoms with E-state index in [1.54, 1.807) is 24.3 Å². The Morgan fingerprint density at radius 3 is 2.62 bits per heavy atom. The molecule has 3 aromatic rings. The third kappa shape index (κ3) is 3.54. The van der Waals surface area contributed by atoms with Gasteiger partial charge in [0.25, 0.3) is 5.56 Å². The molecule has 1 aliphatic heterocycles. The number of aryl methyl sites for hydroxylation is 1. The van der Waals surface area contributed by atoms with Crippen molar-refractivity contribution >= 4 is 41.6 Å². The zero-order valence-corrected chi connectivity index (χ0v) is 20.1. The van der Waals surface area contributed by atoms with Crippen LogP contribution in [0.4, 0.5) is 5.82 Å². The number of hydrogen-bond acceptors (Lipinski definition) is 5. The number of thiol groups is 1. The molecule has 1 spiro atoms. The van der Waals surface area contributed by atoms with Gasteiger partial charge in [0.05, 0.1) is 15.7 Å². The van der Waals surface area contributed by atoms with Crippen LogP contribution >= 0.6 is 35.8 Å². The van der Waals surface area contributed by atoms with Crippen molar-refractivity contribution in [3.05, 3.63) is 79.8 Å². The van der Waals surface area contributed by atoms with E-state index in [-0.39, 0.29) is 17.0 Å². The molecule has 2 aliphatic rings. The molecule has 2 heterocycles. The van der Waals surface area contributed by atoms with Gasteiger partial charge in [-0.3, -0.25) is 9.36 Å². The van der Waals surface area contributed by atoms with E-state index in [1.807, 2.05) is 13.0 Å². The largest absolute Gasteiger partial charge is 0.356 e. The summed E-state index contributed by atoms with van der Waals surface area (Å²) in [5, 5.41) is 0.743. The average molecular weight is 487 g/mol. The second-order valence-electron chi connectivity index (χ2n) is 8.80. The summed E-state index contributed by atoms with van der Waals surface area (Å²) < 4.78 is 1.50. The highest BCUT2D eigenvalue weighted by atomic mass is 35.5. The molecular formula is C24H24Cl2N4OS. The Morgan fingerprint density at radius 1 is 1.16 bits per heavy atom. The molecule has 5 rings (SSSR count). The lowest BCUT2D eigenvalue weighted by atomic mass is 9.73. The van der Waals surface area contributed by atoms with Crippen molar-refractivity contribution in [1.29, 1.82) is 0 Å². The Kier molecular flexibility index (Phi) is 5.53. The van der Waals surface area contributed by atoms with Crippen LogP contribution in [-0.2, 0) is 6.42 Å². The molecule has 0 bridgehead atoms. The summed E-state index contributed by atoms with van der Waals surface area (Å²) in [5.74, 6) is 1.27. The standard InChI is InChI=1S/C24H24Cl2N4OS/c1-14-28-20(12-21(31)30(14)19-4-2-3-18(25)22(19)26)29-9-7-24(8-10-29)13-15-5-6-16(32)11-17(15)23(24)27/h2-6,11-12,23,32H,7-10,13,27H2,1H3/t23-/m1/s1. The fourth-order valence-electron chi connectivity index (χ4n) is 5.22. The first kappa shape index (κ1) is 21.8. The summed E-state index contributed by atoms with van der Waals surface area (Å²) in [6.07, 6.45) is 2.90. The maximum absolute atomic E-state index is 13.0. The van der Waals surface area contributed by atoms with Crippen molar-refractivity contribution in [2.45, 2.75) is 37.1 Å². The summed E-state index contributed by atoms with van der Waals surface area (Å²) in [7, 11) is 0. The third-order valence-electron chi connectivity index (χ3n) is 7.00. The van der Waals surface area contributed by atoms with Crippen molar-refractivity contribution in [2.75, 3.05) is 18.0 Å². The van der Waals surface area contributed by atoms with Gasteiger partial charge in [0, 0.05) is 30.1 Å². The lowest BCUT2D eigenvalue weighted by Crippen LogP contribution is -2.45. The molecular weight excluding hydrogens is 463 g/mol. The second kappa shape index (κ2) is 8.10. The Bertz CT molecular complexity index is 1270. The molecule has 0 radical (unpaired) electrons. The van der Waals surface area contributed by atoms with Crippen LogP contribution in [0.15, 0.2) is 52.2 Å². The maximum atomic E-state index is 13.0. The van der Waals surface area contributed by atoms with Crippen molar-refractivity contribution in [3.63, 3.8) is 0 Å². The first-order valence-corrected chi connectivity index (χ1v) is 11.9. The van der Waals surface area contributed by atoms with Crippen LogP contribution in [0.3, 0.4) is 0 Å². The highest BCUT2D eigenvalue weighted by Gasteiger charge is 2.46. The van der Waals surface area contributed by atoms with E-state index in [0.29, 0.717) is 27.4 Å². The zero-order chi connectivity index (χ0) is 22.6. The van der Waals surface area contributed by atoms with Crippen molar-refractivity contribution < 1.29 is 0 Å². The summed E-state index contributed by atoms with van der Waals surface area (Å²) >= 11 is 17.0. The quantitative estimate of drug-likeness (QED) is 0.501. The van der Waals surface area contributed by atoms with Crippen LogP contribution < -0.4 is 16.2 Å². The fraction of sp³-hybridized carbons (Fsp3) is 0.333. The van der Waals surface area contributed by atoms with Gasteiger partial charge in [0.2, 0.25) is 0 Å². The number of benzene rings is 2. The van der Waals surface area contributed by atoms with Crippen LogP contribution in [0.5, 0.6) is 0 Å². The maximum Gasteiger partial charge on any atom is 0.260 e. The number of nitrogens with two attached hydrogens (primary N) is 1. The van der Waals surface area contributed by atoms with Crippen molar-refractivity contribution in [1.82, 2.24) is 9.55 Å². The van der Waals surface area contributed by atoms with Crippen LogP contribution in [0, 0.1) is 12.3 Å². The SMILES string of the molecule is Cc1nc(N2CCC3(CC2)Cc2ccc(S)cc2[C@H]3N)cc(=O)n1-c1cccc(Cl)c1Cl. The number of fused-ring (bicyclic) bond motifs is 1. The minimum absolute atomic E-state index is 0.0133. The Labute approximate surface area is 202 Å². The third-order valence-corrected chi connectivity index (χ3v) is 8.08. The number of aromatic nitrogens is 2. The molecule has 2 aromatic carbocycles. The zero-order valence-electron chi connectivity index (χ0n) is 17.7. The smallest absolute Gasteiger partial charge is 0.260 e. The van der Waals surface area contributed by atoms with Gasteiger partial charge >= 0.3 is 0 Å². The molecule has 1 aliphatic carbocycles. The Morgan fingerprint density at radius 2 is 1.91 bits per heavy atom. The summed E-state index contributed by atoms with van der Waals surface area (Å²) in [6.45, 7) is 3.43. The summed E-state index contributed by atoms with van der Waals surface area (Å²) in [6, 6.07) is 13.1. The molecule has 0 saturated carbocycles. The minimum atomic E-state index is -0.178. The fourth-order valence-corrected chi connectivity index (χ4v) is 5.82. The highest BCUT2D eigenvalue weighted by Crippen LogP contribution is 2.51. The lowest BCUT2D eigenvalue weighted by Gasteiger charge is -2.42. The van der Waals surface area contributed by atoms with Gasteiger partial charge in [0.1, 0.15) is 11.6 Å². The van der Waals surface area contributed by atoms with E-state index in [2.05, 4.69) is 29.7 Å². The molecule has 0 unspecified atom stereocenters. The molecule has 0 amide bonds. The van der Waals surface area contributed by atoms with Gasteiger partial charge < -0.3 is 10.6 Å². The molecule has 1 aromatic heterocycles. The molecule has 1 atom stereocenters. The van der Waals surface area contributed by atoms with Crippen LogP contribution in [0.2, 0.25) is 10.0 Å². The van der Waals surface area contributed by atoms with Crippen LogP contribution in [0.1, 0.15) is 35.8 Å². The Balaban J connectivity index is 1.39. The van der Waals surface area contributed by atoms with E-state index >= 15 is 0 Å². The predicted octanol–water partition coefficient (Wildman–Crippen LogP) is 4.98. The van der Waals surface area contributed by atoms with E-state index in [0.717, 1.165) is 37.2 Å². The molecule has 32 heavy (non-hydrogen) atoms. The van der Waals surface area contributed by atoms with Gasteiger partial charge in [-0.15, -0.1) is 12.6 Å². The summed E-state index contributed by atoms with van der Waals surface area (Å²) in [5.41, 5.74) is 9.69. The number of piperidine rings is 1. The second-order valence-corrected chi connectivity index (χ2v) is 10.1. The molecule has 8 heteroatoms. The normalized spacial score (nSPS) is 19.4. The highest BCUT2D eigenvalue weighted by molar-refractivity contribution is 7.80. The van der Waals surface area contributed by atoms with Gasteiger partial charge in [0.15, 0.2) is 0 Å². The van der Waals surface area contributed by atoms with E-state index in [1.165, 1.54) is 15.7 Å². The minimum Gasteiger partial charge on any atom is -0.356 e. The monoisotopic (exact) mass is 486 g/mol. The molecule has 1 fully saturated rings. The van der Waals surface area contributed by atoms with Gasteiger partial charge in [-0.2, -0.15) is 0 Å². The van der Waals surface area contributed by atoms with E-state index < -0.39 is 0 Å². The molecule has 5 nitrogen and oxygen atoms in total. The number of rotatable bonds is 2. The van der Waals surface area contributed by atoms with Crippen molar-refractivity contribution in [3.8, 4) is 5.69 Å². The van der Waals surface area contributed by atoms with E-state index in [4.69, 9.17) is 33.9 Å². The number of nitrogens with zero attached hydrogens (tertiary/aromatic N) is 3. The number of hydrogen-bond donors (Lipinski definition) is 2. The average Bonchev–Trinajstić information content (AvgIpc) is 3.02. The topological polar surface area (TPSA) is 64.2 Å².